The molecular weight excluding hydrogens is 212 g/mol. The highest BCUT2D eigenvalue weighted by molar-refractivity contribution is 5.32. The van der Waals surface area contributed by atoms with E-state index < -0.39 is 0 Å². The van der Waals surface area contributed by atoms with Crippen molar-refractivity contribution in [2.24, 2.45) is 0 Å². The molecule has 0 amide bonds. The first-order chi connectivity index (χ1) is 7.97. The highest BCUT2D eigenvalue weighted by Gasteiger charge is 2.15. The van der Waals surface area contributed by atoms with E-state index >= 15 is 0 Å². The Hall–Kier alpha value is -1.02. The third kappa shape index (κ3) is 4.39. The van der Waals surface area contributed by atoms with Crippen molar-refractivity contribution < 1.29 is 9.47 Å². The lowest BCUT2D eigenvalue weighted by Crippen LogP contribution is -2.21. The van der Waals surface area contributed by atoms with Gasteiger partial charge in [0.1, 0.15) is 11.9 Å². The fourth-order valence-corrected chi connectivity index (χ4v) is 1.65. The van der Waals surface area contributed by atoms with E-state index in [1.165, 1.54) is 5.56 Å². The van der Waals surface area contributed by atoms with Gasteiger partial charge in [0.2, 0.25) is 0 Å². The summed E-state index contributed by atoms with van der Waals surface area (Å²) in [5.41, 5.74) is 1.45. The van der Waals surface area contributed by atoms with E-state index in [2.05, 4.69) is 45.9 Å². The summed E-state index contributed by atoms with van der Waals surface area (Å²) in [5.74, 6) is 0.932. The highest BCUT2D eigenvalue weighted by atomic mass is 16.5. The zero-order chi connectivity index (χ0) is 12.9. The lowest BCUT2D eigenvalue weighted by atomic mass is 9.87. The molecule has 0 N–H and O–H groups in total. The van der Waals surface area contributed by atoms with Gasteiger partial charge in [-0.15, -0.1) is 0 Å². The molecule has 0 saturated heterocycles. The standard InChI is InChI=1S/C15H24O2/c1-6-13(11-16-5)17-14-9-7-8-12(10-14)15(2,3)4/h7-10,13H,6,11H2,1-5H3. The van der Waals surface area contributed by atoms with E-state index in [1.54, 1.807) is 7.11 Å². The van der Waals surface area contributed by atoms with Gasteiger partial charge in [-0.25, -0.2) is 0 Å². The Labute approximate surface area is 105 Å². The van der Waals surface area contributed by atoms with Crippen LogP contribution in [0.2, 0.25) is 0 Å². The highest BCUT2D eigenvalue weighted by Crippen LogP contribution is 2.26. The zero-order valence-electron chi connectivity index (χ0n) is 11.6. The van der Waals surface area contributed by atoms with Gasteiger partial charge in [0.25, 0.3) is 0 Å². The third-order valence-corrected chi connectivity index (χ3v) is 2.81. The maximum atomic E-state index is 5.91. The van der Waals surface area contributed by atoms with Crippen LogP contribution in [0.5, 0.6) is 5.75 Å². The average Bonchev–Trinajstić information content (AvgIpc) is 2.28. The van der Waals surface area contributed by atoms with Crippen molar-refractivity contribution in [2.75, 3.05) is 13.7 Å². The topological polar surface area (TPSA) is 18.5 Å². The maximum Gasteiger partial charge on any atom is 0.122 e. The maximum absolute atomic E-state index is 5.91. The minimum atomic E-state index is 0.134. The van der Waals surface area contributed by atoms with Crippen molar-refractivity contribution in [1.82, 2.24) is 0 Å². The number of hydrogen-bond donors (Lipinski definition) is 0. The normalized spacial score (nSPS) is 13.5. The Kier molecular flexibility index (Phi) is 5.01. The summed E-state index contributed by atoms with van der Waals surface area (Å²) in [7, 11) is 1.71. The number of rotatable bonds is 5. The van der Waals surface area contributed by atoms with Crippen LogP contribution in [0.15, 0.2) is 24.3 Å². The molecule has 0 aliphatic rings. The first kappa shape index (κ1) is 14.0. The second-order valence-corrected chi connectivity index (χ2v) is 5.38. The molecule has 0 aliphatic carbocycles. The molecule has 1 aromatic carbocycles. The average molecular weight is 236 g/mol. The van der Waals surface area contributed by atoms with Gasteiger partial charge in [0.05, 0.1) is 6.61 Å². The summed E-state index contributed by atoms with van der Waals surface area (Å²) in [6.07, 6.45) is 1.09. The summed E-state index contributed by atoms with van der Waals surface area (Å²) < 4.78 is 11.1. The van der Waals surface area contributed by atoms with Gasteiger partial charge in [0.15, 0.2) is 0 Å². The minimum absolute atomic E-state index is 0.134. The molecule has 0 aromatic heterocycles. The van der Waals surface area contributed by atoms with E-state index in [4.69, 9.17) is 9.47 Å². The van der Waals surface area contributed by atoms with Crippen LogP contribution in [0.1, 0.15) is 39.7 Å². The van der Waals surface area contributed by atoms with Gasteiger partial charge in [-0.3, -0.25) is 0 Å². The molecule has 0 heterocycles. The SMILES string of the molecule is CCC(COC)Oc1cccc(C(C)(C)C)c1. The van der Waals surface area contributed by atoms with Crippen LogP contribution < -0.4 is 4.74 Å². The molecule has 1 atom stereocenters. The fourth-order valence-electron chi connectivity index (χ4n) is 1.65. The largest absolute Gasteiger partial charge is 0.488 e. The second kappa shape index (κ2) is 6.06. The molecule has 1 rings (SSSR count). The van der Waals surface area contributed by atoms with Crippen LogP contribution in [0, 0.1) is 0 Å². The predicted octanol–water partition coefficient (Wildman–Crippen LogP) is 3.79. The molecule has 0 aliphatic heterocycles. The molecule has 17 heavy (non-hydrogen) atoms. The van der Waals surface area contributed by atoms with E-state index in [0.29, 0.717) is 6.61 Å². The van der Waals surface area contributed by atoms with Crippen molar-refractivity contribution in [1.29, 1.82) is 0 Å². The van der Waals surface area contributed by atoms with Gasteiger partial charge >= 0.3 is 0 Å². The smallest absolute Gasteiger partial charge is 0.122 e. The molecule has 0 spiro atoms. The molecule has 0 saturated carbocycles. The van der Waals surface area contributed by atoms with Crippen LogP contribution in [0.25, 0.3) is 0 Å². The van der Waals surface area contributed by atoms with Crippen LogP contribution in [-0.2, 0) is 10.2 Å². The molecule has 2 heteroatoms. The molecule has 0 fully saturated rings. The second-order valence-electron chi connectivity index (χ2n) is 5.38. The van der Waals surface area contributed by atoms with Gasteiger partial charge in [-0.1, -0.05) is 39.8 Å². The summed E-state index contributed by atoms with van der Waals surface area (Å²) in [5, 5.41) is 0. The Morgan fingerprint density at radius 2 is 1.94 bits per heavy atom. The van der Waals surface area contributed by atoms with Gasteiger partial charge < -0.3 is 9.47 Å². The lowest BCUT2D eigenvalue weighted by Gasteiger charge is -2.21. The summed E-state index contributed by atoms with van der Waals surface area (Å²) in [4.78, 5) is 0. The minimum Gasteiger partial charge on any atom is -0.488 e. The number of ether oxygens (including phenoxy) is 2. The molecule has 2 nitrogen and oxygen atoms in total. The number of methoxy groups -OCH3 is 1. The predicted molar refractivity (Wildman–Crippen MR) is 71.7 cm³/mol. The Balaban J connectivity index is 2.78. The van der Waals surface area contributed by atoms with Gasteiger partial charge in [-0.05, 0) is 29.5 Å². The van der Waals surface area contributed by atoms with Crippen molar-refractivity contribution in [3.8, 4) is 5.75 Å². The molecule has 0 bridgehead atoms. The summed E-state index contributed by atoms with van der Waals surface area (Å²) in [6.45, 7) is 9.36. The monoisotopic (exact) mass is 236 g/mol. The summed E-state index contributed by atoms with van der Waals surface area (Å²) >= 11 is 0. The van der Waals surface area contributed by atoms with Crippen LogP contribution in [0.3, 0.4) is 0 Å². The molecular formula is C15H24O2. The van der Waals surface area contributed by atoms with Crippen molar-refractivity contribution in [2.45, 2.75) is 45.6 Å². The number of benzene rings is 1. The fraction of sp³-hybridized carbons (Fsp3) is 0.600. The van der Waals surface area contributed by atoms with Gasteiger partial charge in [-0.2, -0.15) is 0 Å². The molecule has 1 aromatic rings. The molecule has 96 valence electrons. The Morgan fingerprint density at radius 1 is 1.24 bits per heavy atom. The van der Waals surface area contributed by atoms with Crippen molar-refractivity contribution in [3.63, 3.8) is 0 Å². The van der Waals surface area contributed by atoms with Crippen LogP contribution >= 0.6 is 0 Å². The number of hydrogen-bond acceptors (Lipinski definition) is 2. The quantitative estimate of drug-likeness (QED) is 0.774. The van der Waals surface area contributed by atoms with E-state index in [9.17, 15) is 0 Å². The first-order valence-corrected chi connectivity index (χ1v) is 6.23. The van der Waals surface area contributed by atoms with E-state index in [0.717, 1.165) is 12.2 Å². The van der Waals surface area contributed by atoms with Crippen molar-refractivity contribution >= 4 is 0 Å². The van der Waals surface area contributed by atoms with E-state index in [-0.39, 0.29) is 11.5 Å². The Morgan fingerprint density at radius 3 is 2.47 bits per heavy atom. The zero-order valence-corrected chi connectivity index (χ0v) is 11.6. The summed E-state index contributed by atoms with van der Waals surface area (Å²) in [6, 6.07) is 8.32. The van der Waals surface area contributed by atoms with Crippen LogP contribution in [-0.4, -0.2) is 19.8 Å². The van der Waals surface area contributed by atoms with Gasteiger partial charge in [0, 0.05) is 7.11 Å². The first-order valence-electron chi connectivity index (χ1n) is 6.23. The van der Waals surface area contributed by atoms with E-state index in [1.807, 2.05) is 6.07 Å². The van der Waals surface area contributed by atoms with Crippen LogP contribution in [0.4, 0.5) is 0 Å². The lowest BCUT2D eigenvalue weighted by molar-refractivity contribution is 0.0787. The third-order valence-electron chi connectivity index (χ3n) is 2.81. The van der Waals surface area contributed by atoms with Crippen molar-refractivity contribution in [3.05, 3.63) is 29.8 Å². The molecule has 1 unspecified atom stereocenters. The Bertz CT molecular complexity index is 339. The molecule has 0 radical (unpaired) electrons.